The van der Waals surface area contributed by atoms with Crippen LogP contribution in [0.4, 0.5) is 0 Å². The Bertz CT molecular complexity index is 525. The van der Waals surface area contributed by atoms with E-state index in [2.05, 4.69) is 19.1 Å². The lowest BCUT2D eigenvalue weighted by molar-refractivity contribution is 0.0986. The molecule has 0 aliphatic rings. The van der Waals surface area contributed by atoms with Crippen LogP contribution in [0.25, 0.3) is 0 Å². The van der Waals surface area contributed by atoms with Gasteiger partial charge in [0.1, 0.15) is 0 Å². The number of thiophene rings is 1. The number of hydrogen-bond acceptors (Lipinski definition) is 2. The van der Waals surface area contributed by atoms with Gasteiger partial charge in [-0.2, -0.15) is 0 Å². The summed E-state index contributed by atoms with van der Waals surface area (Å²) in [6.07, 6.45) is 1.44. The summed E-state index contributed by atoms with van der Waals surface area (Å²) in [5, 5.41) is 1.98. The summed E-state index contributed by atoms with van der Waals surface area (Å²) in [4.78, 5) is 12.9. The highest BCUT2D eigenvalue weighted by Gasteiger charge is 2.10. The molecule has 0 saturated heterocycles. The van der Waals surface area contributed by atoms with Gasteiger partial charge in [0.2, 0.25) is 0 Å². The van der Waals surface area contributed by atoms with E-state index in [1.807, 2.05) is 30.5 Å². The molecule has 2 heteroatoms. The molecule has 0 fully saturated rings. The minimum absolute atomic E-state index is 0.265. The Kier molecular flexibility index (Phi) is 3.75. The van der Waals surface area contributed by atoms with Crippen molar-refractivity contribution in [2.24, 2.45) is 0 Å². The standard InChI is InChI=1S/C15H16OS/c1-11-5-3-4-6-13(11)7-8-14(16)15-12(2)9-10-17-15/h3-6,9-10H,7-8H2,1-2H3. The van der Waals surface area contributed by atoms with Crippen LogP contribution in [-0.4, -0.2) is 5.78 Å². The Balaban J connectivity index is 2.02. The number of Topliss-reactive ketones (excluding diaryl/α,β-unsaturated/α-hetero) is 1. The van der Waals surface area contributed by atoms with E-state index < -0.39 is 0 Å². The van der Waals surface area contributed by atoms with Gasteiger partial charge in [0.05, 0.1) is 4.88 Å². The van der Waals surface area contributed by atoms with E-state index in [9.17, 15) is 4.79 Å². The summed E-state index contributed by atoms with van der Waals surface area (Å²) in [6.45, 7) is 4.09. The largest absolute Gasteiger partial charge is 0.293 e. The molecule has 2 aromatic rings. The average Bonchev–Trinajstić information content (AvgIpc) is 2.74. The van der Waals surface area contributed by atoms with Crippen molar-refractivity contribution in [2.75, 3.05) is 0 Å². The number of aryl methyl sites for hydroxylation is 3. The molecule has 1 heterocycles. The number of carbonyl (C=O) groups excluding carboxylic acids is 1. The highest BCUT2D eigenvalue weighted by atomic mass is 32.1. The fourth-order valence-corrected chi connectivity index (χ4v) is 2.81. The molecule has 1 aromatic carbocycles. The maximum absolute atomic E-state index is 12.0. The highest BCUT2D eigenvalue weighted by Crippen LogP contribution is 2.19. The van der Waals surface area contributed by atoms with Crippen molar-refractivity contribution < 1.29 is 4.79 Å². The minimum atomic E-state index is 0.265. The summed E-state index contributed by atoms with van der Waals surface area (Å²) in [6, 6.07) is 10.3. The number of benzene rings is 1. The number of ketones is 1. The zero-order valence-corrected chi connectivity index (χ0v) is 11.0. The Morgan fingerprint density at radius 3 is 2.53 bits per heavy atom. The summed E-state index contributed by atoms with van der Waals surface area (Å²) < 4.78 is 0. The predicted molar refractivity (Wildman–Crippen MR) is 72.9 cm³/mol. The fraction of sp³-hybridized carbons (Fsp3) is 0.267. The molecule has 0 atom stereocenters. The van der Waals surface area contributed by atoms with Crippen LogP contribution < -0.4 is 0 Å². The number of hydrogen-bond donors (Lipinski definition) is 0. The van der Waals surface area contributed by atoms with Crippen molar-refractivity contribution in [3.8, 4) is 0 Å². The molecular weight excluding hydrogens is 228 g/mol. The second-order valence-corrected chi connectivity index (χ2v) is 5.20. The molecule has 0 bridgehead atoms. The summed E-state index contributed by atoms with van der Waals surface area (Å²) in [5.41, 5.74) is 3.64. The monoisotopic (exact) mass is 244 g/mol. The van der Waals surface area contributed by atoms with E-state index >= 15 is 0 Å². The van der Waals surface area contributed by atoms with Gasteiger partial charge in [-0.05, 0) is 48.4 Å². The van der Waals surface area contributed by atoms with Crippen molar-refractivity contribution >= 4 is 17.1 Å². The van der Waals surface area contributed by atoms with Gasteiger partial charge in [0, 0.05) is 6.42 Å². The van der Waals surface area contributed by atoms with Crippen LogP contribution in [0.1, 0.15) is 32.8 Å². The Hall–Kier alpha value is -1.41. The molecule has 0 radical (unpaired) electrons. The minimum Gasteiger partial charge on any atom is -0.293 e. The van der Waals surface area contributed by atoms with Gasteiger partial charge in [-0.15, -0.1) is 11.3 Å². The Morgan fingerprint density at radius 1 is 1.12 bits per heavy atom. The molecule has 0 aliphatic carbocycles. The molecule has 2 rings (SSSR count). The quantitative estimate of drug-likeness (QED) is 0.737. The van der Waals surface area contributed by atoms with E-state index in [1.165, 1.54) is 11.1 Å². The lowest BCUT2D eigenvalue weighted by Gasteiger charge is -2.04. The SMILES string of the molecule is Cc1ccccc1CCC(=O)c1sccc1C. The second kappa shape index (κ2) is 5.28. The first-order chi connectivity index (χ1) is 8.18. The summed E-state index contributed by atoms with van der Waals surface area (Å²) >= 11 is 1.55. The Morgan fingerprint density at radius 2 is 1.88 bits per heavy atom. The summed E-state index contributed by atoms with van der Waals surface area (Å²) in [7, 11) is 0. The molecule has 0 saturated carbocycles. The van der Waals surface area contributed by atoms with Crippen LogP contribution in [0.15, 0.2) is 35.7 Å². The van der Waals surface area contributed by atoms with Crippen LogP contribution >= 0.6 is 11.3 Å². The summed E-state index contributed by atoms with van der Waals surface area (Å²) in [5.74, 6) is 0.265. The van der Waals surface area contributed by atoms with Crippen molar-refractivity contribution in [3.05, 3.63) is 57.3 Å². The van der Waals surface area contributed by atoms with Crippen molar-refractivity contribution in [1.82, 2.24) is 0 Å². The van der Waals surface area contributed by atoms with E-state index in [1.54, 1.807) is 11.3 Å². The van der Waals surface area contributed by atoms with Gasteiger partial charge in [0.15, 0.2) is 5.78 Å². The second-order valence-electron chi connectivity index (χ2n) is 4.28. The van der Waals surface area contributed by atoms with Gasteiger partial charge < -0.3 is 0 Å². The molecule has 88 valence electrons. The van der Waals surface area contributed by atoms with Crippen LogP contribution in [0.3, 0.4) is 0 Å². The first-order valence-corrected chi connectivity index (χ1v) is 6.68. The Labute approximate surface area is 106 Å². The van der Waals surface area contributed by atoms with Crippen LogP contribution in [0.2, 0.25) is 0 Å². The van der Waals surface area contributed by atoms with Crippen molar-refractivity contribution in [1.29, 1.82) is 0 Å². The van der Waals surface area contributed by atoms with Gasteiger partial charge in [0.25, 0.3) is 0 Å². The van der Waals surface area contributed by atoms with E-state index in [0.717, 1.165) is 16.9 Å². The lowest BCUT2D eigenvalue weighted by atomic mass is 10.0. The van der Waals surface area contributed by atoms with E-state index in [4.69, 9.17) is 0 Å². The average molecular weight is 244 g/mol. The molecule has 0 N–H and O–H groups in total. The van der Waals surface area contributed by atoms with Gasteiger partial charge in [-0.25, -0.2) is 0 Å². The fourth-order valence-electron chi connectivity index (χ4n) is 1.91. The zero-order valence-electron chi connectivity index (χ0n) is 10.2. The third-order valence-electron chi connectivity index (χ3n) is 3.00. The molecule has 1 aromatic heterocycles. The van der Waals surface area contributed by atoms with E-state index in [0.29, 0.717) is 6.42 Å². The zero-order chi connectivity index (χ0) is 12.3. The maximum Gasteiger partial charge on any atom is 0.173 e. The first-order valence-electron chi connectivity index (χ1n) is 5.80. The topological polar surface area (TPSA) is 17.1 Å². The van der Waals surface area contributed by atoms with Crippen LogP contribution in [0.5, 0.6) is 0 Å². The molecule has 0 aliphatic heterocycles. The van der Waals surface area contributed by atoms with Gasteiger partial charge in [-0.1, -0.05) is 24.3 Å². The number of carbonyl (C=O) groups is 1. The smallest absolute Gasteiger partial charge is 0.173 e. The molecule has 1 nitrogen and oxygen atoms in total. The molecule has 0 amide bonds. The van der Waals surface area contributed by atoms with Crippen molar-refractivity contribution in [3.63, 3.8) is 0 Å². The predicted octanol–water partition coefficient (Wildman–Crippen LogP) is 4.18. The first kappa shape index (κ1) is 12.1. The maximum atomic E-state index is 12.0. The third-order valence-corrected chi connectivity index (χ3v) is 4.06. The lowest BCUT2D eigenvalue weighted by Crippen LogP contribution is -2.01. The van der Waals surface area contributed by atoms with Crippen molar-refractivity contribution in [2.45, 2.75) is 26.7 Å². The van der Waals surface area contributed by atoms with Crippen LogP contribution in [0, 0.1) is 13.8 Å². The molecular formula is C15H16OS. The van der Waals surface area contributed by atoms with Gasteiger partial charge in [-0.3, -0.25) is 4.79 Å². The van der Waals surface area contributed by atoms with Gasteiger partial charge >= 0.3 is 0 Å². The molecule has 0 unspecified atom stereocenters. The molecule has 0 spiro atoms. The number of rotatable bonds is 4. The third kappa shape index (κ3) is 2.83. The molecule has 17 heavy (non-hydrogen) atoms. The van der Waals surface area contributed by atoms with Crippen LogP contribution in [-0.2, 0) is 6.42 Å². The normalized spacial score (nSPS) is 10.5. The van der Waals surface area contributed by atoms with E-state index in [-0.39, 0.29) is 5.78 Å². The highest BCUT2D eigenvalue weighted by molar-refractivity contribution is 7.12.